The standard InChI is InChI=1S/C21H17BrN2O4/c1-27-15-6-7-17(22)16(12-15)20(25)23-14-5-4-13-8-9-24(18(13)11-14)21(26)19-3-2-10-28-19/h2-7,10-12H,8-9H2,1H3,(H,23,25). The van der Waals surface area contributed by atoms with E-state index >= 15 is 0 Å². The number of carbonyl (C=O) groups is 2. The summed E-state index contributed by atoms with van der Waals surface area (Å²) in [5.74, 6) is 0.426. The highest BCUT2D eigenvalue weighted by Gasteiger charge is 2.27. The number of hydrogen-bond donors (Lipinski definition) is 1. The van der Waals surface area contributed by atoms with Gasteiger partial charge < -0.3 is 19.4 Å². The number of amides is 2. The highest BCUT2D eigenvalue weighted by Crippen LogP contribution is 2.32. The number of anilines is 2. The summed E-state index contributed by atoms with van der Waals surface area (Å²) in [6.07, 6.45) is 2.24. The van der Waals surface area contributed by atoms with Crippen molar-refractivity contribution in [3.05, 3.63) is 76.2 Å². The number of furan rings is 1. The molecule has 142 valence electrons. The van der Waals surface area contributed by atoms with Crippen LogP contribution in [0.3, 0.4) is 0 Å². The Morgan fingerprint density at radius 2 is 2.04 bits per heavy atom. The lowest BCUT2D eigenvalue weighted by Crippen LogP contribution is -2.28. The summed E-state index contributed by atoms with van der Waals surface area (Å²) < 4.78 is 11.1. The molecule has 4 rings (SSSR count). The average Bonchev–Trinajstić information content (AvgIpc) is 3.37. The van der Waals surface area contributed by atoms with Gasteiger partial charge in [0.2, 0.25) is 0 Å². The third-order valence-electron chi connectivity index (χ3n) is 4.63. The zero-order valence-corrected chi connectivity index (χ0v) is 16.7. The second-order valence-electron chi connectivity index (χ2n) is 6.33. The van der Waals surface area contributed by atoms with Crippen LogP contribution in [0.4, 0.5) is 11.4 Å². The van der Waals surface area contributed by atoms with Crippen molar-refractivity contribution in [1.29, 1.82) is 0 Å². The molecule has 0 saturated heterocycles. The van der Waals surface area contributed by atoms with Gasteiger partial charge in [-0.05, 0) is 70.4 Å². The minimum Gasteiger partial charge on any atom is -0.497 e. The van der Waals surface area contributed by atoms with E-state index in [2.05, 4.69) is 21.2 Å². The van der Waals surface area contributed by atoms with Gasteiger partial charge in [0.1, 0.15) is 5.75 Å². The number of rotatable bonds is 4. The fraction of sp³-hybridized carbons (Fsp3) is 0.143. The van der Waals surface area contributed by atoms with Crippen LogP contribution in [-0.4, -0.2) is 25.5 Å². The van der Waals surface area contributed by atoms with Crippen molar-refractivity contribution < 1.29 is 18.7 Å². The lowest BCUT2D eigenvalue weighted by atomic mass is 10.1. The molecule has 2 heterocycles. The van der Waals surface area contributed by atoms with E-state index in [9.17, 15) is 9.59 Å². The zero-order chi connectivity index (χ0) is 19.7. The van der Waals surface area contributed by atoms with Gasteiger partial charge in [-0.2, -0.15) is 0 Å². The first-order valence-electron chi connectivity index (χ1n) is 8.70. The molecule has 1 aromatic heterocycles. The van der Waals surface area contributed by atoms with Crippen LogP contribution in [-0.2, 0) is 6.42 Å². The van der Waals surface area contributed by atoms with E-state index in [4.69, 9.17) is 9.15 Å². The molecule has 7 heteroatoms. The summed E-state index contributed by atoms with van der Waals surface area (Å²) in [6.45, 7) is 0.577. The number of nitrogens with one attached hydrogen (secondary N) is 1. The van der Waals surface area contributed by atoms with Crippen molar-refractivity contribution in [3.63, 3.8) is 0 Å². The highest BCUT2D eigenvalue weighted by molar-refractivity contribution is 9.10. The van der Waals surface area contributed by atoms with Gasteiger partial charge in [-0.3, -0.25) is 9.59 Å². The van der Waals surface area contributed by atoms with Gasteiger partial charge in [0.25, 0.3) is 11.8 Å². The molecule has 1 N–H and O–H groups in total. The van der Waals surface area contributed by atoms with Gasteiger partial charge in [-0.15, -0.1) is 0 Å². The molecule has 2 amide bonds. The summed E-state index contributed by atoms with van der Waals surface area (Å²) in [7, 11) is 1.55. The lowest BCUT2D eigenvalue weighted by Gasteiger charge is -2.17. The minimum atomic E-state index is -0.271. The number of fused-ring (bicyclic) bond motifs is 1. The van der Waals surface area contributed by atoms with Crippen LogP contribution in [0.15, 0.2) is 63.7 Å². The fourth-order valence-electron chi connectivity index (χ4n) is 3.20. The molecule has 28 heavy (non-hydrogen) atoms. The summed E-state index contributed by atoms with van der Waals surface area (Å²) in [6, 6.07) is 14.1. The minimum absolute atomic E-state index is 0.192. The summed E-state index contributed by atoms with van der Waals surface area (Å²) in [5.41, 5.74) is 2.91. The average molecular weight is 441 g/mol. The number of nitrogens with zero attached hydrogens (tertiary/aromatic N) is 1. The second kappa shape index (κ2) is 7.52. The molecular formula is C21H17BrN2O4. The molecular weight excluding hydrogens is 424 g/mol. The van der Waals surface area contributed by atoms with Crippen LogP contribution in [0, 0.1) is 0 Å². The predicted molar refractivity (Wildman–Crippen MR) is 109 cm³/mol. The van der Waals surface area contributed by atoms with Crippen LogP contribution in [0.25, 0.3) is 0 Å². The van der Waals surface area contributed by atoms with Gasteiger partial charge in [0.15, 0.2) is 5.76 Å². The molecule has 2 aromatic carbocycles. The largest absolute Gasteiger partial charge is 0.497 e. The Balaban J connectivity index is 1.59. The molecule has 0 radical (unpaired) electrons. The Bertz CT molecular complexity index is 1050. The van der Waals surface area contributed by atoms with Crippen molar-refractivity contribution in [2.75, 3.05) is 23.9 Å². The number of benzene rings is 2. The van der Waals surface area contributed by atoms with Gasteiger partial charge in [-0.1, -0.05) is 6.07 Å². The van der Waals surface area contributed by atoms with Crippen molar-refractivity contribution >= 4 is 39.1 Å². The molecule has 0 bridgehead atoms. The molecule has 0 aliphatic carbocycles. The molecule has 3 aromatic rings. The van der Waals surface area contributed by atoms with Crippen LogP contribution >= 0.6 is 15.9 Å². The van der Waals surface area contributed by atoms with E-state index in [0.29, 0.717) is 33.8 Å². The Hall–Kier alpha value is -3.06. The topological polar surface area (TPSA) is 71.8 Å². The SMILES string of the molecule is COc1ccc(Br)c(C(=O)Nc2ccc3c(c2)N(C(=O)c2ccco2)CC3)c1. The van der Waals surface area contributed by atoms with Gasteiger partial charge in [0, 0.05) is 22.4 Å². The van der Waals surface area contributed by atoms with E-state index in [1.165, 1.54) is 6.26 Å². The molecule has 0 spiro atoms. The number of ether oxygens (including phenoxy) is 1. The van der Waals surface area contributed by atoms with Gasteiger partial charge in [-0.25, -0.2) is 0 Å². The van der Waals surface area contributed by atoms with E-state index in [1.807, 2.05) is 18.2 Å². The van der Waals surface area contributed by atoms with Crippen LogP contribution in [0.1, 0.15) is 26.5 Å². The van der Waals surface area contributed by atoms with Crippen molar-refractivity contribution in [2.24, 2.45) is 0 Å². The first kappa shape index (κ1) is 18.3. The second-order valence-corrected chi connectivity index (χ2v) is 7.18. The molecule has 0 unspecified atom stereocenters. The van der Waals surface area contributed by atoms with E-state index < -0.39 is 0 Å². The number of hydrogen-bond acceptors (Lipinski definition) is 4. The molecule has 0 saturated carbocycles. The highest BCUT2D eigenvalue weighted by atomic mass is 79.9. The molecule has 1 aliphatic rings. The van der Waals surface area contributed by atoms with Crippen molar-refractivity contribution in [3.8, 4) is 5.75 Å². The molecule has 0 atom stereocenters. The first-order chi connectivity index (χ1) is 13.6. The predicted octanol–water partition coefficient (Wildman–Crippen LogP) is 4.51. The fourth-order valence-corrected chi connectivity index (χ4v) is 3.63. The van der Waals surface area contributed by atoms with Crippen molar-refractivity contribution in [1.82, 2.24) is 0 Å². The maximum Gasteiger partial charge on any atom is 0.293 e. The quantitative estimate of drug-likeness (QED) is 0.647. The lowest BCUT2D eigenvalue weighted by molar-refractivity contribution is 0.0962. The zero-order valence-electron chi connectivity index (χ0n) is 15.1. The normalized spacial score (nSPS) is 12.6. The number of methoxy groups -OCH3 is 1. The van der Waals surface area contributed by atoms with E-state index in [1.54, 1.807) is 42.3 Å². The third-order valence-corrected chi connectivity index (χ3v) is 5.33. The summed E-state index contributed by atoms with van der Waals surface area (Å²) in [4.78, 5) is 27.1. The van der Waals surface area contributed by atoms with Crippen LogP contribution in [0.2, 0.25) is 0 Å². The Morgan fingerprint density at radius 3 is 2.79 bits per heavy atom. The van der Waals surface area contributed by atoms with Crippen LogP contribution < -0.4 is 15.0 Å². The molecule has 1 aliphatic heterocycles. The monoisotopic (exact) mass is 440 g/mol. The Labute approximate surface area is 170 Å². The van der Waals surface area contributed by atoms with Crippen LogP contribution in [0.5, 0.6) is 5.75 Å². The Kier molecular flexibility index (Phi) is 4.92. The van der Waals surface area contributed by atoms with E-state index in [0.717, 1.165) is 17.7 Å². The summed E-state index contributed by atoms with van der Waals surface area (Å²) in [5, 5.41) is 2.89. The maximum absolute atomic E-state index is 12.7. The summed E-state index contributed by atoms with van der Waals surface area (Å²) >= 11 is 3.39. The molecule has 0 fully saturated rings. The Morgan fingerprint density at radius 1 is 1.18 bits per heavy atom. The first-order valence-corrected chi connectivity index (χ1v) is 9.49. The van der Waals surface area contributed by atoms with E-state index in [-0.39, 0.29) is 11.8 Å². The maximum atomic E-state index is 12.7. The van der Waals surface area contributed by atoms with Gasteiger partial charge in [0.05, 0.1) is 18.9 Å². The number of halogens is 1. The smallest absolute Gasteiger partial charge is 0.293 e. The molecule has 6 nitrogen and oxygen atoms in total. The van der Waals surface area contributed by atoms with Gasteiger partial charge >= 0.3 is 0 Å². The van der Waals surface area contributed by atoms with Crippen molar-refractivity contribution in [2.45, 2.75) is 6.42 Å². The third kappa shape index (κ3) is 3.41. The number of carbonyl (C=O) groups excluding carboxylic acids is 2.